The molecule has 1 aliphatic heterocycles. The smallest absolute Gasteiger partial charge is 0.161 e. The third kappa shape index (κ3) is 3.11. The van der Waals surface area contributed by atoms with Gasteiger partial charge in [-0.25, -0.2) is 0 Å². The monoisotopic (exact) mass is 237 g/mol. The highest BCUT2D eigenvalue weighted by Crippen LogP contribution is 2.33. The Balaban J connectivity index is 2.17. The van der Waals surface area contributed by atoms with Gasteiger partial charge >= 0.3 is 0 Å². The van der Waals surface area contributed by atoms with Crippen LogP contribution in [0.15, 0.2) is 18.2 Å². The number of benzene rings is 1. The van der Waals surface area contributed by atoms with Crippen LogP contribution in [0.1, 0.15) is 31.4 Å². The van der Waals surface area contributed by atoms with Gasteiger partial charge in [0.2, 0.25) is 0 Å². The molecule has 0 radical (unpaired) electrons. The van der Waals surface area contributed by atoms with Gasteiger partial charge < -0.3 is 20.3 Å². The second-order valence-corrected chi connectivity index (χ2v) is 4.49. The Hall–Kier alpha value is -1.26. The molecule has 17 heavy (non-hydrogen) atoms. The highest BCUT2D eigenvalue weighted by molar-refractivity contribution is 5.44. The third-order valence-electron chi connectivity index (χ3n) is 2.75. The first-order chi connectivity index (χ1) is 8.16. The van der Waals surface area contributed by atoms with Gasteiger partial charge in [-0.05, 0) is 31.0 Å². The van der Waals surface area contributed by atoms with Crippen molar-refractivity contribution in [1.29, 1.82) is 0 Å². The minimum Gasteiger partial charge on any atom is -0.490 e. The van der Waals surface area contributed by atoms with E-state index in [4.69, 9.17) is 15.2 Å². The number of rotatable bonds is 3. The van der Waals surface area contributed by atoms with Gasteiger partial charge in [0.15, 0.2) is 11.5 Å². The van der Waals surface area contributed by atoms with Crippen molar-refractivity contribution >= 4 is 0 Å². The van der Waals surface area contributed by atoms with Crippen LogP contribution in [0.2, 0.25) is 0 Å². The number of hydrogen-bond acceptors (Lipinski definition) is 4. The normalized spacial score (nSPS) is 18.3. The van der Waals surface area contributed by atoms with E-state index in [-0.39, 0.29) is 6.04 Å². The van der Waals surface area contributed by atoms with Crippen molar-refractivity contribution in [3.05, 3.63) is 23.8 Å². The van der Waals surface area contributed by atoms with Crippen LogP contribution in [-0.2, 0) is 0 Å². The SMILES string of the molecule is CC(N)CC(O)c1ccc2c(c1)OCCCO2. The molecule has 2 rings (SSSR count). The van der Waals surface area contributed by atoms with Crippen LogP contribution in [0.25, 0.3) is 0 Å². The Morgan fingerprint density at radius 2 is 2.00 bits per heavy atom. The summed E-state index contributed by atoms with van der Waals surface area (Å²) < 4.78 is 11.1. The lowest BCUT2D eigenvalue weighted by Crippen LogP contribution is -2.18. The molecule has 3 N–H and O–H groups in total. The molecule has 0 spiro atoms. The Morgan fingerprint density at radius 1 is 1.29 bits per heavy atom. The first-order valence-electron chi connectivity index (χ1n) is 6.00. The van der Waals surface area contributed by atoms with E-state index in [1.54, 1.807) is 0 Å². The van der Waals surface area contributed by atoms with E-state index < -0.39 is 6.10 Å². The number of aliphatic hydroxyl groups excluding tert-OH is 1. The van der Waals surface area contributed by atoms with E-state index in [1.165, 1.54) is 0 Å². The van der Waals surface area contributed by atoms with Gasteiger partial charge in [0.1, 0.15) is 0 Å². The van der Waals surface area contributed by atoms with E-state index >= 15 is 0 Å². The molecule has 4 heteroatoms. The van der Waals surface area contributed by atoms with Gasteiger partial charge in [-0.3, -0.25) is 0 Å². The van der Waals surface area contributed by atoms with Gasteiger partial charge in [0.25, 0.3) is 0 Å². The molecule has 2 atom stereocenters. The molecule has 0 saturated heterocycles. The van der Waals surface area contributed by atoms with Gasteiger partial charge in [-0.1, -0.05) is 6.07 Å². The van der Waals surface area contributed by atoms with Gasteiger partial charge in [-0.2, -0.15) is 0 Å². The summed E-state index contributed by atoms with van der Waals surface area (Å²) in [5.74, 6) is 1.46. The molecule has 0 aromatic heterocycles. The second-order valence-electron chi connectivity index (χ2n) is 4.49. The summed E-state index contributed by atoms with van der Waals surface area (Å²) in [4.78, 5) is 0. The largest absolute Gasteiger partial charge is 0.490 e. The maximum atomic E-state index is 9.99. The summed E-state index contributed by atoms with van der Waals surface area (Å²) in [7, 11) is 0. The fraction of sp³-hybridized carbons (Fsp3) is 0.538. The maximum absolute atomic E-state index is 9.99. The predicted octanol–water partition coefficient (Wildman–Crippen LogP) is 1.62. The van der Waals surface area contributed by atoms with Crippen LogP contribution in [0.4, 0.5) is 0 Å². The van der Waals surface area contributed by atoms with Crippen molar-refractivity contribution in [2.45, 2.75) is 31.9 Å². The topological polar surface area (TPSA) is 64.7 Å². The first kappa shape index (κ1) is 12.2. The van der Waals surface area contributed by atoms with Crippen molar-refractivity contribution in [3.63, 3.8) is 0 Å². The zero-order chi connectivity index (χ0) is 12.3. The van der Waals surface area contributed by atoms with E-state index in [1.807, 2.05) is 25.1 Å². The lowest BCUT2D eigenvalue weighted by Gasteiger charge is -2.15. The number of hydrogen-bond donors (Lipinski definition) is 2. The summed E-state index contributed by atoms with van der Waals surface area (Å²) >= 11 is 0. The Kier molecular flexibility index (Phi) is 3.86. The lowest BCUT2D eigenvalue weighted by atomic mass is 10.0. The molecule has 0 bridgehead atoms. The summed E-state index contributed by atoms with van der Waals surface area (Å²) in [6.07, 6.45) is 0.874. The molecule has 94 valence electrons. The Morgan fingerprint density at radius 3 is 2.71 bits per heavy atom. The zero-order valence-electron chi connectivity index (χ0n) is 10.1. The minimum atomic E-state index is -0.549. The molecule has 0 saturated carbocycles. The highest BCUT2D eigenvalue weighted by Gasteiger charge is 2.15. The average Bonchev–Trinajstić information content (AvgIpc) is 2.51. The van der Waals surface area contributed by atoms with E-state index in [9.17, 15) is 5.11 Å². The summed E-state index contributed by atoms with van der Waals surface area (Å²) in [6.45, 7) is 3.21. The highest BCUT2D eigenvalue weighted by atomic mass is 16.5. The summed E-state index contributed by atoms with van der Waals surface area (Å²) in [5.41, 5.74) is 6.50. The summed E-state index contributed by atoms with van der Waals surface area (Å²) in [6, 6.07) is 5.52. The second kappa shape index (κ2) is 5.38. The molecule has 1 heterocycles. The van der Waals surface area contributed by atoms with E-state index in [0.717, 1.165) is 17.7 Å². The van der Waals surface area contributed by atoms with Crippen molar-refractivity contribution in [2.24, 2.45) is 5.73 Å². The standard InChI is InChI=1S/C13H19NO3/c1-9(14)7-11(15)10-3-4-12-13(8-10)17-6-2-5-16-12/h3-4,8-9,11,15H,2,5-7,14H2,1H3. The number of nitrogens with two attached hydrogens (primary N) is 1. The molecule has 4 nitrogen and oxygen atoms in total. The zero-order valence-corrected chi connectivity index (χ0v) is 10.1. The quantitative estimate of drug-likeness (QED) is 0.838. The van der Waals surface area contributed by atoms with Crippen LogP contribution < -0.4 is 15.2 Å². The Bertz CT molecular complexity index is 379. The maximum Gasteiger partial charge on any atom is 0.161 e. The lowest BCUT2D eigenvalue weighted by molar-refractivity contribution is 0.159. The van der Waals surface area contributed by atoms with Crippen LogP contribution in [-0.4, -0.2) is 24.4 Å². The molecule has 1 aromatic carbocycles. The molecule has 1 aromatic rings. The minimum absolute atomic E-state index is 0.0269. The molecule has 1 aliphatic rings. The molecule has 2 unspecified atom stereocenters. The number of aliphatic hydroxyl groups is 1. The van der Waals surface area contributed by atoms with Crippen molar-refractivity contribution in [3.8, 4) is 11.5 Å². The fourth-order valence-electron chi connectivity index (χ4n) is 1.88. The van der Waals surface area contributed by atoms with Gasteiger partial charge in [0, 0.05) is 12.5 Å². The van der Waals surface area contributed by atoms with Crippen molar-refractivity contribution < 1.29 is 14.6 Å². The van der Waals surface area contributed by atoms with E-state index in [2.05, 4.69) is 0 Å². The number of fused-ring (bicyclic) bond motifs is 1. The van der Waals surface area contributed by atoms with Gasteiger partial charge in [-0.15, -0.1) is 0 Å². The van der Waals surface area contributed by atoms with Crippen molar-refractivity contribution in [1.82, 2.24) is 0 Å². The number of ether oxygens (including phenoxy) is 2. The van der Waals surface area contributed by atoms with Crippen molar-refractivity contribution in [2.75, 3.05) is 13.2 Å². The Labute approximate surface area is 101 Å². The molecular weight excluding hydrogens is 218 g/mol. The summed E-state index contributed by atoms with van der Waals surface area (Å²) in [5, 5.41) is 9.99. The fourth-order valence-corrected chi connectivity index (χ4v) is 1.88. The van der Waals surface area contributed by atoms with Crippen LogP contribution >= 0.6 is 0 Å². The van der Waals surface area contributed by atoms with Crippen LogP contribution in [0.5, 0.6) is 11.5 Å². The van der Waals surface area contributed by atoms with Crippen LogP contribution in [0, 0.1) is 0 Å². The van der Waals surface area contributed by atoms with E-state index in [0.29, 0.717) is 25.4 Å². The van der Waals surface area contributed by atoms with Gasteiger partial charge in [0.05, 0.1) is 19.3 Å². The molecular formula is C13H19NO3. The molecule has 0 amide bonds. The molecule has 0 aliphatic carbocycles. The first-order valence-corrected chi connectivity index (χ1v) is 6.00. The molecule has 0 fully saturated rings. The average molecular weight is 237 g/mol. The van der Waals surface area contributed by atoms with Crippen LogP contribution in [0.3, 0.4) is 0 Å². The predicted molar refractivity (Wildman–Crippen MR) is 65.3 cm³/mol. The third-order valence-corrected chi connectivity index (χ3v) is 2.75.